The van der Waals surface area contributed by atoms with Gasteiger partial charge in [-0.2, -0.15) is 0 Å². The Morgan fingerprint density at radius 2 is 2.06 bits per heavy atom. The summed E-state index contributed by atoms with van der Waals surface area (Å²) in [5, 5.41) is 10.2. The molecule has 0 bridgehead atoms. The van der Waals surface area contributed by atoms with Crippen molar-refractivity contribution in [1.29, 1.82) is 0 Å². The van der Waals surface area contributed by atoms with Crippen LogP contribution in [0.2, 0.25) is 5.02 Å². The van der Waals surface area contributed by atoms with E-state index >= 15 is 0 Å². The number of halogens is 2. The Morgan fingerprint density at radius 3 is 2.69 bits per heavy atom. The third-order valence-electron chi connectivity index (χ3n) is 2.17. The molecule has 0 radical (unpaired) electrons. The molecular weight excluding hydrogens is 229 g/mol. The summed E-state index contributed by atoms with van der Waals surface area (Å²) in [7, 11) is 0. The molecule has 0 fully saturated rings. The zero-order valence-corrected chi connectivity index (χ0v) is 9.03. The van der Waals surface area contributed by atoms with Gasteiger partial charge in [-0.05, 0) is 35.9 Å². The second kappa shape index (κ2) is 4.60. The highest BCUT2D eigenvalue weighted by molar-refractivity contribution is 6.30. The minimum absolute atomic E-state index is 0.255. The van der Waals surface area contributed by atoms with Crippen LogP contribution in [0.5, 0.6) is 0 Å². The number of hydrogen-bond acceptors (Lipinski definition) is 2. The van der Waals surface area contributed by atoms with Gasteiger partial charge in [0.1, 0.15) is 11.9 Å². The van der Waals surface area contributed by atoms with Crippen LogP contribution < -0.4 is 0 Å². The van der Waals surface area contributed by atoms with Gasteiger partial charge in [-0.25, -0.2) is 4.39 Å². The van der Waals surface area contributed by atoms with Crippen LogP contribution in [0.25, 0.3) is 0 Å². The van der Waals surface area contributed by atoms with Crippen LogP contribution in [0.3, 0.4) is 0 Å². The fraction of sp³-hybridized carbons (Fsp3) is 0.0833. The molecule has 1 heterocycles. The predicted molar refractivity (Wildman–Crippen MR) is 59.7 cm³/mol. The second-order valence-corrected chi connectivity index (χ2v) is 3.80. The van der Waals surface area contributed by atoms with Crippen molar-refractivity contribution in [2.24, 2.45) is 0 Å². The number of hydrogen-bond donors (Lipinski definition) is 1. The zero-order valence-electron chi connectivity index (χ0n) is 8.27. The lowest BCUT2D eigenvalue weighted by Crippen LogP contribution is -2.02. The van der Waals surface area contributed by atoms with Crippen LogP contribution in [0.4, 0.5) is 4.39 Å². The molecule has 0 saturated carbocycles. The molecule has 1 N–H and O–H groups in total. The molecule has 4 heteroatoms. The Bertz CT molecular complexity index is 469. The molecular formula is C12H9ClFNO. The summed E-state index contributed by atoms with van der Waals surface area (Å²) < 4.78 is 13.1. The van der Waals surface area contributed by atoms with Crippen molar-refractivity contribution in [3.63, 3.8) is 0 Å². The number of aromatic nitrogens is 1. The van der Waals surface area contributed by atoms with Crippen molar-refractivity contribution in [2.75, 3.05) is 0 Å². The summed E-state index contributed by atoms with van der Waals surface area (Å²) in [6.45, 7) is 0. The molecule has 0 saturated heterocycles. The average molecular weight is 238 g/mol. The SMILES string of the molecule is O[C@H](c1cc(F)cc(Cl)c1)c1ccccn1. The molecule has 2 nitrogen and oxygen atoms in total. The van der Waals surface area contributed by atoms with E-state index in [0.29, 0.717) is 11.3 Å². The zero-order chi connectivity index (χ0) is 11.5. The monoisotopic (exact) mass is 237 g/mol. The maximum absolute atomic E-state index is 13.1. The average Bonchev–Trinajstić information content (AvgIpc) is 2.28. The summed E-state index contributed by atoms with van der Waals surface area (Å²) in [6, 6.07) is 9.12. The van der Waals surface area contributed by atoms with Gasteiger partial charge in [-0.3, -0.25) is 4.98 Å². The Balaban J connectivity index is 2.37. The second-order valence-electron chi connectivity index (χ2n) is 3.36. The van der Waals surface area contributed by atoms with E-state index in [2.05, 4.69) is 4.98 Å². The molecule has 16 heavy (non-hydrogen) atoms. The summed E-state index contributed by atoms with van der Waals surface area (Å²) >= 11 is 5.71. The van der Waals surface area contributed by atoms with E-state index in [-0.39, 0.29) is 5.02 Å². The van der Waals surface area contributed by atoms with Crippen molar-refractivity contribution in [1.82, 2.24) is 4.98 Å². The summed E-state index contributed by atoms with van der Waals surface area (Å²) in [5.74, 6) is -0.475. The first-order valence-corrected chi connectivity index (χ1v) is 5.09. The van der Waals surface area contributed by atoms with Crippen molar-refractivity contribution in [3.05, 3.63) is 64.7 Å². The molecule has 82 valence electrons. The van der Waals surface area contributed by atoms with Gasteiger partial charge in [0, 0.05) is 11.2 Å². The van der Waals surface area contributed by atoms with E-state index in [9.17, 15) is 9.50 Å². The van der Waals surface area contributed by atoms with Crippen molar-refractivity contribution in [3.8, 4) is 0 Å². The topological polar surface area (TPSA) is 33.1 Å². The van der Waals surface area contributed by atoms with Gasteiger partial charge in [-0.15, -0.1) is 0 Å². The highest BCUT2D eigenvalue weighted by atomic mass is 35.5. The van der Waals surface area contributed by atoms with Crippen LogP contribution >= 0.6 is 11.6 Å². The molecule has 0 amide bonds. The smallest absolute Gasteiger partial charge is 0.125 e. The van der Waals surface area contributed by atoms with E-state index in [4.69, 9.17) is 11.6 Å². The lowest BCUT2D eigenvalue weighted by Gasteiger charge is -2.10. The van der Waals surface area contributed by atoms with Gasteiger partial charge < -0.3 is 5.11 Å². The highest BCUT2D eigenvalue weighted by Crippen LogP contribution is 2.23. The first-order chi connectivity index (χ1) is 7.66. The molecule has 0 unspecified atom stereocenters. The number of benzene rings is 1. The third kappa shape index (κ3) is 2.38. The number of aliphatic hydroxyl groups excluding tert-OH is 1. The Labute approximate surface area is 97.3 Å². The minimum Gasteiger partial charge on any atom is -0.382 e. The lowest BCUT2D eigenvalue weighted by atomic mass is 10.1. The molecule has 0 aliphatic carbocycles. The Morgan fingerprint density at radius 1 is 1.25 bits per heavy atom. The van der Waals surface area contributed by atoms with E-state index in [1.54, 1.807) is 24.4 Å². The van der Waals surface area contributed by atoms with Gasteiger partial charge >= 0.3 is 0 Å². The molecule has 0 aliphatic rings. The minimum atomic E-state index is -0.964. The van der Waals surface area contributed by atoms with Gasteiger partial charge in [0.05, 0.1) is 5.69 Å². The largest absolute Gasteiger partial charge is 0.382 e. The molecule has 0 spiro atoms. The number of aliphatic hydroxyl groups is 1. The van der Waals surface area contributed by atoms with Gasteiger partial charge in [0.2, 0.25) is 0 Å². The van der Waals surface area contributed by atoms with E-state index in [1.807, 2.05) is 0 Å². The van der Waals surface area contributed by atoms with Gasteiger partial charge in [0.25, 0.3) is 0 Å². The quantitative estimate of drug-likeness (QED) is 0.871. The van der Waals surface area contributed by atoms with Crippen LogP contribution in [0.1, 0.15) is 17.4 Å². The maximum atomic E-state index is 13.1. The highest BCUT2D eigenvalue weighted by Gasteiger charge is 2.12. The van der Waals surface area contributed by atoms with E-state index in [0.717, 1.165) is 0 Å². The van der Waals surface area contributed by atoms with Gasteiger partial charge in [0.15, 0.2) is 0 Å². The van der Waals surface area contributed by atoms with Crippen molar-refractivity contribution in [2.45, 2.75) is 6.10 Å². The number of pyridine rings is 1. The summed E-state index contributed by atoms with van der Waals surface area (Å²) in [5.41, 5.74) is 0.855. The van der Waals surface area contributed by atoms with Gasteiger partial charge in [-0.1, -0.05) is 17.7 Å². The predicted octanol–water partition coefficient (Wildman–Crippen LogP) is 2.96. The van der Waals surface area contributed by atoms with E-state index < -0.39 is 11.9 Å². The first kappa shape index (κ1) is 11.0. The van der Waals surface area contributed by atoms with Crippen molar-refractivity contribution < 1.29 is 9.50 Å². The van der Waals surface area contributed by atoms with Crippen LogP contribution in [-0.2, 0) is 0 Å². The number of rotatable bonds is 2. The third-order valence-corrected chi connectivity index (χ3v) is 2.39. The maximum Gasteiger partial charge on any atom is 0.125 e. The Hall–Kier alpha value is -1.45. The fourth-order valence-corrected chi connectivity index (χ4v) is 1.67. The molecule has 1 atom stereocenters. The van der Waals surface area contributed by atoms with Crippen molar-refractivity contribution >= 4 is 11.6 Å². The molecule has 2 aromatic rings. The van der Waals surface area contributed by atoms with Crippen LogP contribution in [0.15, 0.2) is 42.6 Å². The summed E-state index contributed by atoms with van der Waals surface area (Å²) in [4.78, 5) is 4.00. The van der Waals surface area contributed by atoms with Crippen LogP contribution in [-0.4, -0.2) is 10.1 Å². The number of nitrogens with zero attached hydrogens (tertiary/aromatic N) is 1. The molecule has 1 aromatic heterocycles. The molecule has 1 aromatic carbocycles. The normalized spacial score (nSPS) is 12.4. The lowest BCUT2D eigenvalue weighted by molar-refractivity contribution is 0.215. The Kier molecular flexibility index (Phi) is 3.17. The summed E-state index contributed by atoms with van der Waals surface area (Å²) in [6.07, 6.45) is 0.605. The standard InChI is InChI=1S/C12H9ClFNO/c13-9-5-8(6-10(14)7-9)12(16)11-3-1-2-4-15-11/h1-7,12,16H/t12-/m1/s1. The molecule has 0 aliphatic heterocycles. The molecule has 2 rings (SSSR count). The first-order valence-electron chi connectivity index (χ1n) is 4.72. The van der Waals surface area contributed by atoms with E-state index in [1.165, 1.54) is 18.2 Å². The van der Waals surface area contributed by atoms with Crippen LogP contribution in [0, 0.1) is 5.82 Å². The fourth-order valence-electron chi connectivity index (χ4n) is 1.44.